The number of carboxylic acids is 1. The number of carbonyl (C=O) groups is 4. The molecule has 0 saturated heterocycles. The number of ether oxygens (including phenoxy) is 3. The van der Waals surface area contributed by atoms with E-state index in [4.69, 9.17) is 19.9 Å². The van der Waals surface area contributed by atoms with E-state index >= 15 is 0 Å². The molecule has 0 heterocycles. The molecule has 1 aromatic rings. The average Bonchev–Trinajstić information content (AvgIpc) is 2.88. The van der Waals surface area contributed by atoms with Crippen LogP contribution in [0.2, 0.25) is 0 Å². The largest absolute Gasteiger partial charge is 0.480 e. The standard InChI is InChI=1S/C30H47NO8/c1-10-13-18(4)26(34)37-17-19(5)23(24(31)25(32)33)20-14-15-21(38-27(35)29(6,7)11-2)22(16-20)39-28(36)30(8,9)12-3/h14-16,18-19,23-24H,10-13,17,31H2,1-9H3,(H,32,33)/t18?,19?,23?,24-/m0/s1. The van der Waals surface area contributed by atoms with Crippen LogP contribution in [0.5, 0.6) is 11.5 Å². The van der Waals surface area contributed by atoms with Gasteiger partial charge in [0.05, 0.1) is 23.4 Å². The molecule has 1 rings (SSSR count). The Bertz CT molecular complexity index is 1020. The highest BCUT2D eigenvalue weighted by molar-refractivity contribution is 5.82. The molecule has 0 aliphatic carbocycles. The van der Waals surface area contributed by atoms with Crippen molar-refractivity contribution in [2.45, 2.75) is 100.0 Å². The highest BCUT2D eigenvalue weighted by Gasteiger charge is 2.35. The lowest BCUT2D eigenvalue weighted by Crippen LogP contribution is -2.41. The van der Waals surface area contributed by atoms with Gasteiger partial charge in [0, 0.05) is 5.92 Å². The third kappa shape index (κ3) is 9.34. The van der Waals surface area contributed by atoms with E-state index in [1.54, 1.807) is 47.6 Å². The minimum atomic E-state index is -1.34. The zero-order valence-electron chi connectivity index (χ0n) is 25.0. The zero-order chi connectivity index (χ0) is 30.1. The molecule has 3 N–H and O–H groups in total. The van der Waals surface area contributed by atoms with Gasteiger partial charge in [0.25, 0.3) is 0 Å². The second-order valence-electron chi connectivity index (χ2n) is 11.6. The van der Waals surface area contributed by atoms with Crippen molar-refractivity contribution < 1.29 is 38.5 Å². The van der Waals surface area contributed by atoms with Gasteiger partial charge in [-0.3, -0.25) is 19.2 Å². The summed E-state index contributed by atoms with van der Waals surface area (Å²) in [7, 11) is 0. The number of carboxylic acid groups (broad SMARTS) is 1. The fourth-order valence-corrected chi connectivity index (χ4v) is 3.71. The molecule has 9 heteroatoms. The summed E-state index contributed by atoms with van der Waals surface area (Å²) >= 11 is 0. The number of nitrogens with two attached hydrogens (primary N) is 1. The summed E-state index contributed by atoms with van der Waals surface area (Å²) in [5, 5.41) is 9.75. The van der Waals surface area contributed by atoms with Crippen molar-refractivity contribution in [1.82, 2.24) is 0 Å². The summed E-state index contributed by atoms with van der Waals surface area (Å²) in [4.78, 5) is 50.1. The third-order valence-corrected chi connectivity index (χ3v) is 7.53. The second-order valence-corrected chi connectivity index (χ2v) is 11.6. The van der Waals surface area contributed by atoms with Crippen LogP contribution in [0, 0.1) is 22.7 Å². The summed E-state index contributed by atoms with van der Waals surface area (Å²) in [6.07, 6.45) is 2.56. The molecule has 0 aliphatic rings. The molecular weight excluding hydrogens is 502 g/mol. The van der Waals surface area contributed by atoms with Crippen LogP contribution < -0.4 is 15.2 Å². The van der Waals surface area contributed by atoms with Gasteiger partial charge in [0.2, 0.25) is 0 Å². The minimum absolute atomic E-state index is 0.0115. The van der Waals surface area contributed by atoms with Gasteiger partial charge in [-0.25, -0.2) is 0 Å². The summed E-state index contributed by atoms with van der Waals surface area (Å²) in [6, 6.07) is 3.21. The Kier molecular flexibility index (Phi) is 12.6. The van der Waals surface area contributed by atoms with Crippen molar-refractivity contribution in [2.75, 3.05) is 6.61 Å². The first-order chi connectivity index (χ1) is 18.0. The van der Waals surface area contributed by atoms with Crippen molar-refractivity contribution in [3.63, 3.8) is 0 Å². The molecule has 220 valence electrons. The maximum Gasteiger partial charge on any atom is 0.321 e. The molecule has 0 bridgehead atoms. The van der Waals surface area contributed by atoms with E-state index in [2.05, 4.69) is 0 Å². The quantitative estimate of drug-likeness (QED) is 0.215. The summed E-state index contributed by atoms with van der Waals surface area (Å²) in [5.74, 6) is -4.15. The lowest BCUT2D eigenvalue weighted by molar-refractivity contribution is -0.150. The number of hydrogen-bond donors (Lipinski definition) is 2. The Morgan fingerprint density at radius 2 is 1.41 bits per heavy atom. The SMILES string of the molecule is CCCC(C)C(=O)OCC(C)C(c1ccc(OC(=O)C(C)(C)CC)c(OC(=O)C(C)(C)CC)c1)[C@H](N)C(=O)O. The van der Waals surface area contributed by atoms with Gasteiger partial charge in [0.15, 0.2) is 11.5 Å². The highest BCUT2D eigenvalue weighted by Crippen LogP contribution is 2.38. The molecule has 0 amide bonds. The molecule has 0 aliphatic heterocycles. The number of esters is 3. The molecule has 1 aromatic carbocycles. The Balaban J connectivity index is 3.50. The van der Waals surface area contributed by atoms with Crippen molar-refractivity contribution in [2.24, 2.45) is 28.4 Å². The topological polar surface area (TPSA) is 142 Å². The number of carbonyl (C=O) groups excluding carboxylic acids is 3. The van der Waals surface area contributed by atoms with Gasteiger partial charge in [-0.05, 0) is 70.6 Å². The first-order valence-electron chi connectivity index (χ1n) is 13.8. The molecular formula is C30H47NO8. The Morgan fingerprint density at radius 1 is 0.897 bits per heavy atom. The number of benzene rings is 1. The molecule has 0 fully saturated rings. The maximum atomic E-state index is 13.0. The van der Waals surface area contributed by atoms with E-state index in [0.717, 1.165) is 6.42 Å². The molecule has 3 unspecified atom stereocenters. The van der Waals surface area contributed by atoms with Gasteiger partial charge in [-0.2, -0.15) is 0 Å². The van der Waals surface area contributed by atoms with Gasteiger partial charge >= 0.3 is 23.9 Å². The van der Waals surface area contributed by atoms with Gasteiger partial charge < -0.3 is 25.1 Å². The highest BCUT2D eigenvalue weighted by atomic mass is 16.6. The minimum Gasteiger partial charge on any atom is -0.480 e. The van der Waals surface area contributed by atoms with Crippen LogP contribution in [0.1, 0.15) is 99.5 Å². The van der Waals surface area contributed by atoms with Crippen LogP contribution in [-0.2, 0) is 23.9 Å². The molecule has 39 heavy (non-hydrogen) atoms. The van der Waals surface area contributed by atoms with Crippen LogP contribution in [0.4, 0.5) is 0 Å². The van der Waals surface area contributed by atoms with Crippen LogP contribution in [0.15, 0.2) is 18.2 Å². The van der Waals surface area contributed by atoms with E-state index < -0.39 is 46.6 Å². The molecule has 0 spiro atoms. The van der Waals surface area contributed by atoms with Crippen LogP contribution in [0.25, 0.3) is 0 Å². The monoisotopic (exact) mass is 549 g/mol. The molecule has 0 aromatic heterocycles. The van der Waals surface area contributed by atoms with Gasteiger partial charge in [-0.15, -0.1) is 0 Å². The first-order valence-corrected chi connectivity index (χ1v) is 13.8. The molecule has 0 radical (unpaired) electrons. The van der Waals surface area contributed by atoms with Gasteiger partial charge in [-0.1, -0.05) is 47.1 Å². The van der Waals surface area contributed by atoms with Crippen molar-refractivity contribution in [3.8, 4) is 11.5 Å². The fourth-order valence-electron chi connectivity index (χ4n) is 3.71. The Labute approximate surface area is 232 Å². The Hall–Kier alpha value is -2.94. The van der Waals surface area contributed by atoms with E-state index in [0.29, 0.717) is 24.8 Å². The molecule has 4 atom stereocenters. The maximum absolute atomic E-state index is 13.0. The van der Waals surface area contributed by atoms with E-state index in [-0.39, 0.29) is 30.0 Å². The normalized spacial score (nSPS) is 15.0. The zero-order valence-corrected chi connectivity index (χ0v) is 25.0. The van der Waals surface area contributed by atoms with Crippen LogP contribution >= 0.6 is 0 Å². The number of aliphatic carboxylic acids is 1. The third-order valence-electron chi connectivity index (χ3n) is 7.53. The van der Waals surface area contributed by atoms with Crippen molar-refractivity contribution in [3.05, 3.63) is 23.8 Å². The molecule has 0 saturated carbocycles. The second kappa shape index (κ2) is 14.4. The fraction of sp³-hybridized carbons (Fsp3) is 0.667. The van der Waals surface area contributed by atoms with E-state index in [1.165, 1.54) is 12.1 Å². The van der Waals surface area contributed by atoms with Crippen LogP contribution in [-0.4, -0.2) is 41.6 Å². The summed E-state index contributed by atoms with van der Waals surface area (Å²) in [6.45, 7) is 16.2. The van der Waals surface area contributed by atoms with Crippen LogP contribution in [0.3, 0.4) is 0 Å². The Morgan fingerprint density at radius 3 is 1.87 bits per heavy atom. The lowest BCUT2D eigenvalue weighted by Gasteiger charge is -2.29. The van der Waals surface area contributed by atoms with E-state index in [1.807, 2.05) is 20.8 Å². The number of hydrogen-bond acceptors (Lipinski definition) is 8. The predicted octanol–water partition coefficient (Wildman–Crippen LogP) is 5.48. The summed E-state index contributed by atoms with van der Waals surface area (Å²) in [5.41, 5.74) is 4.97. The average molecular weight is 550 g/mol. The van der Waals surface area contributed by atoms with Gasteiger partial charge in [0.1, 0.15) is 6.04 Å². The summed E-state index contributed by atoms with van der Waals surface area (Å²) < 4.78 is 16.9. The van der Waals surface area contributed by atoms with Crippen molar-refractivity contribution >= 4 is 23.9 Å². The first kappa shape index (κ1) is 34.1. The smallest absolute Gasteiger partial charge is 0.321 e. The lowest BCUT2D eigenvalue weighted by atomic mass is 9.82. The molecule has 9 nitrogen and oxygen atoms in total. The number of rotatable bonds is 15. The van der Waals surface area contributed by atoms with Crippen molar-refractivity contribution in [1.29, 1.82) is 0 Å². The predicted molar refractivity (Wildman–Crippen MR) is 148 cm³/mol. The van der Waals surface area contributed by atoms with E-state index in [9.17, 15) is 24.3 Å².